The molecule has 4 rings (SSSR count). The van der Waals surface area contributed by atoms with Crippen molar-refractivity contribution in [3.05, 3.63) is 94.5 Å². The number of benzodiazepines with no additional fused rings is 1. The van der Waals surface area contributed by atoms with E-state index in [9.17, 15) is 4.79 Å². The van der Waals surface area contributed by atoms with Crippen LogP contribution in [0.4, 0.5) is 11.4 Å². The van der Waals surface area contributed by atoms with E-state index in [1.807, 2.05) is 85.6 Å². The fourth-order valence-corrected chi connectivity index (χ4v) is 3.52. The van der Waals surface area contributed by atoms with Gasteiger partial charge in [0.05, 0.1) is 11.4 Å². The van der Waals surface area contributed by atoms with Gasteiger partial charge in [0.2, 0.25) is 6.17 Å². The van der Waals surface area contributed by atoms with Gasteiger partial charge in [0.15, 0.2) is 0 Å². The molecule has 1 N–H and O–H groups in total. The molecule has 0 bridgehead atoms. The van der Waals surface area contributed by atoms with Crippen LogP contribution in [0.25, 0.3) is 0 Å². The zero-order chi connectivity index (χ0) is 19.7. The van der Waals surface area contributed by atoms with Gasteiger partial charge in [-0.3, -0.25) is 4.79 Å². The minimum absolute atomic E-state index is 0.182. The second-order valence-electron chi connectivity index (χ2n) is 6.85. The predicted molar refractivity (Wildman–Crippen MR) is 116 cm³/mol. The van der Waals surface area contributed by atoms with E-state index in [0.29, 0.717) is 10.7 Å². The Hall–Kier alpha value is -3.11. The fraction of sp³-hybridized carbons (Fsp3) is 0.130. The largest absolute Gasteiger partial charge is 0.345 e. The van der Waals surface area contributed by atoms with E-state index < -0.39 is 6.17 Å². The molecule has 0 saturated carbocycles. The maximum Gasteiger partial charge on any atom is 0.269 e. The number of amides is 1. The number of nitrogens with zero attached hydrogens (tertiary/aromatic N) is 2. The molecule has 3 aromatic rings. The number of rotatable bonds is 3. The standard InChI is InChI=1S/C23H20ClN3O/c1-15-7-6-10-18(13-15)27(2)22-23(28)25-20-12-11-17(24)14-19(20)21(26-22)16-8-4-3-5-9-16/h3-14,22H,1-2H3,(H,25,28). The predicted octanol–water partition coefficient (Wildman–Crippen LogP) is 4.90. The Balaban J connectivity index is 1.87. The van der Waals surface area contributed by atoms with Crippen molar-refractivity contribution in [2.45, 2.75) is 13.1 Å². The lowest BCUT2D eigenvalue weighted by molar-refractivity contribution is -0.117. The highest BCUT2D eigenvalue weighted by Gasteiger charge is 2.29. The molecule has 1 aliphatic rings. The molecule has 0 spiro atoms. The monoisotopic (exact) mass is 389 g/mol. The van der Waals surface area contributed by atoms with Gasteiger partial charge in [0.1, 0.15) is 0 Å². The van der Waals surface area contributed by atoms with E-state index in [-0.39, 0.29) is 5.91 Å². The third-order valence-corrected chi connectivity index (χ3v) is 5.04. The van der Waals surface area contributed by atoms with Crippen LogP contribution < -0.4 is 10.2 Å². The van der Waals surface area contributed by atoms with E-state index in [1.165, 1.54) is 0 Å². The molecule has 0 radical (unpaired) electrons. The number of aliphatic imine (C=N–C) groups is 1. The smallest absolute Gasteiger partial charge is 0.269 e. The van der Waals surface area contributed by atoms with E-state index in [2.05, 4.69) is 5.32 Å². The number of hydrogen-bond acceptors (Lipinski definition) is 3. The Morgan fingerprint density at radius 2 is 1.79 bits per heavy atom. The Kier molecular flexibility index (Phi) is 4.88. The summed E-state index contributed by atoms with van der Waals surface area (Å²) in [6, 6.07) is 23.3. The average molecular weight is 390 g/mol. The fourth-order valence-electron chi connectivity index (χ4n) is 3.35. The van der Waals surface area contributed by atoms with Gasteiger partial charge in [0, 0.05) is 28.9 Å². The summed E-state index contributed by atoms with van der Waals surface area (Å²) in [5.74, 6) is -0.182. The number of carbonyl (C=O) groups excluding carboxylic acids is 1. The zero-order valence-electron chi connectivity index (χ0n) is 15.7. The molecule has 1 unspecified atom stereocenters. The first kappa shape index (κ1) is 18.3. The highest BCUT2D eigenvalue weighted by molar-refractivity contribution is 6.32. The summed E-state index contributed by atoms with van der Waals surface area (Å²) in [4.78, 5) is 19.8. The van der Waals surface area contributed by atoms with E-state index in [1.54, 1.807) is 6.07 Å². The molecule has 1 atom stereocenters. The van der Waals surface area contributed by atoms with E-state index in [4.69, 9.17) is 16.6 Å². The molecule has 5 heteroatoms. The maximum atomic E-state index is 13.0. The Labute approximate surface area is 169 Å². The number of halogens is 1. The lowest BCUT2D eigenvalue weighted by atomic mass is 10.0. The van der Waals surface area contributed by atoms with Crippen LogP contribution in [0, 0.1) is 6.92 Å². The molecule has 0 saturated heterocycles. The first-order chi connectivity index (χ1) is 13.5. The Morgan fingerprint density at radius 3 is 2.54 bits per heavy atom. The van der Waals surface area contributed by atoms with Crippen LogP contribution in [0.15, 0.2) is 77.8 Å². The second kappa shape index (κ2) is 7.49. The normalized spacial score (nSPS) is 15.9. The first-order valence-corrected chi connectivity index (χ1v) is 9.44. The molecule has 0 aromatic heterocycles. The summed E-state index contributed by atoms with van der Waals surface area (Å²) < 4.78 is 0. The van der Waals surface area contributed by atoms with Crippen molar-refractivity contribution >= 4 is 34.6 Å². The summed E-state index contributed by atoms with van der Waals surface area (Å²) in [7, 11) is 1.88. The second-order valence-corrected chi connectivity index (χ2v) is 7.28. The maximum absolute atomic E-state index is 13.0. The number of nitrogens with one attached hydrogen (secondary N) is 1. The van der Waals surface area contributed by atoms with Crippen LogP contribution >= 0.6 is 11.6 Å². The first-order valence-electron chi connectivity index (χ1n) is 9.06. The molecule has 1 amide bonds. The minimum Gasteiger partial charge on any atom is -0.345 e. The molecule has 0 fully saturated rings. The van der Waals surface area contributed by atoms with Crippen LogP contribution in [0.2, 0.25) is 5.02 Å². The molecule has 0 aliphatic carbocycles. The van der Waals surface area contributed by atoms with Crippen LogP contribution in [0.5, 0.6) is 0 Å². The summed E-state index contributed by atoms with van der Waals surface area (Å²) in [5.41, 5.74) is 5.25. The van der Waals surface area contributed by atoms with E-state index >= 15 is 0 Å². The highest BCUT2D eigenvalue weighted by atomic mass is 35.5. The molecule has 140 valence electrons. The van der Waals surface area contributed by atoms with Crippen LogP contribution in [-0.2, 0) is 4.79 Å². The quantitative estimate of drug-likeness (QED) is 0.692. The summed E-state index contributed by atoms with van der Waals surface area (Å²) in [5, 5.41) is 3.61. The van der Waals surface area contributed by atoms with Crippen LogP contribution in [0.1, 0.15) is 16.7 Å². The number of hydrogen-bond donors (Lipinski definition) is 1. The van der Waals surface area contributed by atoms with Gasteiger partial charge in [-0.25, -0.2) is 4.99 Å². The molecule has 1 heterocycles. The Morgan fingerprint density at radius 1 is 1.00 bits per heavy atom. The number of aryl methyl sites for hydroxylation is 1. The van der Waals surface area contributed by atoms with Crippen molar-refractivity contribution in [1.29, 1.82) is 0 Å². The molecule has 4 nitrogen and oxygen atoms in total. The third kappa shape index (κ3) is 3.51. The van der Waals surface area contributed by atoms with Gasteiger partial charge in [-0.2, -0.15) is 0 Å². The van der Waals surface area contributed by atoms with Gasteiger partial charge in [-0.05, 0) is 42.8 Å². The number of fused-ring (bicyclic) bond motifs is 1. The number of likely N-dealkylation sites (N-methyl/N-ethyl adjacent to an activating group) is 1. The van der Waals surface area contributed by atoms with Gasteiger partial charge >= 0.3 is 0 Å². The van der Waals surface area contributed by atoms with Gasteiger partial charge in [0.25, 0.3) is 5.91 Å². The summed E-state index contributed by atoms with van der Waals surface area (Å²) >= 11 is 6.25. The van der Waals surface area contributed by atoms with Crippen molar-refractivity contribution in [2.75, 3.05) is 17.3 Å². The van der Waals surface area contributed by atoms with Gasteiger partial charge < -0.3 is 10.2 Å². The van der Waals surface area contributed by atoms with Crippen molar-refractivity contribution in [2.24, 2.45) is 4.99 Å². The molecular formula is C23H20ClN3O. The number of anilines is 2. The number of benzene rings is 3. The third-order valence-electron chi connectivity index (χ3n) is 4.80. The van der Waals surface area contributed by atoms with Crippen molar-refractivity contribution in [3.8, 4) is 0 Å². The summed E-state index contributed by atoms with van der Waals surface area (Å²) in [6.45, 7) is 2.03. The molecule has 1 aliphatic heterocycles. The molecule has 3 aromatic carbocycles. The van der Waals surface area contributed by atoms with Crippen LogP contribution in [-0.4, -0.2) is 24.8 Å². The van der Waals surface area contributed by atoms with Crippen LogP contribution in [0.3, 0.4) is 0 Å². The average Bonchev–Trinajstić information content (AvgIpc) is 2.84. The van der Waals surface area contributed by atoms with Gasteiger partial charge in [-0.15, -0.1) is 0 Å². The lowest BCUT2D eigenvalue weighted by Crippen LogP contribution is -2.40. The number of carbonyl (C=O) groups is 1. The minimum atomic E-state index is -0.705. The van der Waals surface area contributed by atoms with Crippen molar-refractivity contribution in [1.82, 2.24) is 0 Å². The highest BCUT2D eigenvalue weighted by Crippen LogP contribution is 2.29. The summed E-state index contributed by atoms with van der Waals surface area (Å²) in [6.07, 6.45) is -0.705. The van der Waals surface area contributed by atoms with Gasteiger partial charge in [-0.1, -0.05) is 54.1 Å². The lowest BCUT2D eigenvalue weighted by Gasteiger charge is -2.26. The topological polar surface area (TPSA) is 44.7 Å². The van der Waals surface area contributed by atoms with Crippen molar-refractivity contribution < 1.29 is 4.79 Å². The van der Waals surface area contributed by atoms with Crippen molar-refractivity contribution in [3.63, 3.8) is 0 Å². The zero-order valence-corrected chi connectivity index (χ0v) is 16.4. The molecule has 28 heavy (non-hydrogen) atoms. The Bertz CT molecular complexity index is 1060. The SMILES string of the molecule is Cc1cccc(N(C)C2N=C(c3ccccc3)c3cc(Cl)ccc3NC2=O)c1. The molecular weight excluding hydrogens is 370 g/mol. The van der Waals surface area contributed by atoms with E-state index in [0.717, 1.165) is 28.1 Å².